The molecule has 0 spiro atoms. The number of carbonyl (C=O) groups excluding carboxylic acids is 1. The number of carbonyl (C=O) groups is 1. The van der Waals surface area contributed by atoms with Crippen molar-refractivity contribution in [2.75, 3.05) is 13.1 Å². The highest BCUT2D eigenvalue weighted by Crippen LogP contribution is 2.40. The molecule has 1 fully saturated rings. The van der Waals surface area contributed by atoms with Crippen LogP contribution in [0, 0.1) is 6.92 Å². The molecular weight excluding hydrogens is 399 g/mol. The summed E-state index contributed by atoms with van der Waals surface area (Å²) < 4.78 is 47.9. The number of imidazole rings is 1. The molecular formula is C20H22F3N5O2. The fourth-order valence-corrected chi connectivity index (χ4v) is 4.04. The summed E-state index contributed by atoms with van der Waals surface area (Å²) in [6.45, 7) is 4.29. The Labute approximate surface area is 170 Å². The van der Waals surface area contributed by atoms with Crippen LogP contribution in [-0.4, -0.2) is 43.6 Å². The fourth-order valence-electron chi connectivity index (χ4n) is 4.04. The van der Waals surface area contributed by atoms with Gasteiger partial charge >= 0.3 is 6.18 Å². The largest absolute Gasteiger partial charge is 0.417 e. The Hall–Kier alpha value is -2.91. The van der Waals surface area contributed by atoms with Crippen LogP contribution in [0.25, 0.3) is 11.1 Å². The molecule has 30 heavy (non-hydrogen) atoms. The van der Waals surface area contributed by atoms with Gasteiger partial charge in [0.2, 0.25) is 5.91 Å². The summed E-state index contributed by atoms with van der Waals surface area (Å²) in [5.41, 5.74) is -0.468. The van der Waals surface area contributed by atoms with Crippen LogP contribution in [0.2, 0.25) is 0 Å². The van der Waals surface area contributed by atoms with E-state index in [0.717, 1.165) is 6.07 Å². The molecule has 0 aliphatic carbocycles. The highest BCUT2D eigenvalue weighted by Gasteiger charge is 2.38. The van der Waals surface area contributed by atoms with Crippen molar-refractivity contribution < 1.29 is 22.5 Å². The summed E-state index contributed by atoms with van der Waals surface area (Å²) in [4.78, 5) is 22.6. The fraction of sp³-hybridized carbons (Fsp3) is 0.500. The Morgan fingerprint density at radius 3 is 2.90 bits per heavy atom. The van der Waals surface area contributed by atoms with Gasteiger partial charge in [-0.3, -0.25) is 4.79 Å². The molecule has 2 atom stereocenters. The number of pyridine rings is 1. The standard InChI is InChI=1S/C20H22F3N5O2/c1-12-8-15(20(21,22)23)17-18(26-30-19(17)25-12)14-4-3-6-27(10-14)16(29)9-13(2)28-7-5-24-11-28/h5,7-8,11,13-14H,3-4,6,9-10H2,1-2H3/t13-,14-/m0/s1. The molecule has 0 N–H and O–H groups in total. The van der Waals surface area contributed by atoms with Gasteiger partial charge < -0.3 is 14.0 Å². The number of hydrogen-bond donors (Lipinski definition) is 0. The average Bonchev–Trinajstić information content (AvgIpc) is 3.36. The maximum Gasteiger partial charge on any atom is 0.417 e. The van der Waals surface area contributed by atoms with E-state index >= 15 is 0 Å². The number of likely N-dealkylation sites (tertiary alicyclic amines) is 1. The number of aryl methyl sites for hydroxylation is 1. The van der Waals surface area contributed by atoms with Crippen molar-refractivity contribution in [2.24, 2.45) is 0 Å². The number of alkyl halides is 3. The van der Waals surface area contributed by atoms with Crippen molar-refractivity contribution in [3.05, 3.63) is 41.7 Å². The van der Waals surface area contributed by atoms with Crippen LogP contribution in [0.5, 0.6) is 0 Å². The molecule has 10 heteroatoms. The molecule has 160 valence electrons. The zero-order chi connectivity index (χ0) is 21.5. The molecule has 3 aromatic rings. The van der Waals surface area contributed by atoms with E-state index in [1.54, 1.807) is 23.6 Å². The minimum atomic E-state index is -4.54. The topological polar surface area (TPSA) is 77.0 Å². The quantitative estimate of drug-likeness (QED) is 0.634. The monoisotopic (exact) mass is 421 g/mol. The number of halogens is 3. The second-order valence-electron chi connectivity index (χ2n) is 7.80. The van der Waals surface area contributed by atoms with E-state index < -0.39 is 11.7 Å². The van der Waals surface area contributed by atoms with Gasteiger partial charge in [0, 0.05) is 49.6 Å². The maximum absolute atomic E-state index is 13.6. The Morgan fingerprint density at radius 1 is 1.40 bits per heavy atom. The van der Waals surface area contributed by atoms with E-state index in [2.05, 4.69) is 15.1 Å². The molecule has 1 aliphatic rings. The Balaban J connectivity index is 1.58. The summed E-state index contributed by atoms with van der Waals surface area (Å²) in [6.07, 6.45) is 2.17. The van der Waals surface area contributed by atoms with E-state index in [1.165, 1.54) is 6.92 Å². The first-order valence-corrected chi connectivity index (χ1v) is 9.83. The zero-order valence-electron chi connectivity index (χ0n) is 16.7. The molecule has 0 saturated carbocycles. The van der Waals surface area contributed by atoms with Crippen molar-refractivity contribution in [1.29, 1.82) is 0 Å². The number of rotatable bonds is 4. The first-order valence-electron chi connectivity index (χ1n) is 9.83. The van der Waals surface area contributed by atoms with Crippen molar-refractivity contribution >= 4 is 17.0 Å². The summed E-state index contributed by atoms with van der Waals surface area (Å²) in [5.74, 6) is -0.378. The Kier molecular flexibility index (Phi) is 5.25. The van der Waals surface area contributed by atoms with E-state index in [4.69, 9.17) is 4.52 Å². The van der Waals surface area contributed by atoms with Crippen LogP contribution < -0.4 is 0 Å². The Bertz CT molecular complexity index is 1040. The van der Waals surface area contributed by atoms with Gasteiger partial charge in [0.05, 0.1) is 23.0 Å². The average molecular weight is 421 g/mol. The zero-order valence-corrected chi connectivity index (χ0v) is 16.7. The lowest BCUT2D eigenvalue weighted by Crippen LogP contribution is -2.40. The lowest BCUT2D eigenvalue weighted by atomic mass is 9.91. The number of nitrogens with zero attached hydrogens (tertiary/aromatic N) is 5. The van der Waals surface area contributed by atoms with Crippen LogP contribution in [-0.2, 0) is 11.0 Å². The molecule has 0 radical (unpaired) electrons. The van der Waals surface area contributed by atoms with Crippen LogP contribution >= 0.6 is 0 Å². The first kappa shape index (κ1) is 20.4. The van der Waals surface area contributed by atoms with Crippen LogP contribution in [0.15, 0.2) is 29.3 Å². The predicted octanol–water partition coefficient (Wildman–Crippen LogP) is 4.10. The number of hydrogen-bond acceptors (Lipinski definition) is 5. The third-order valence-corrected chi connectivity index (χ3v) is 5.57. The number of aromatic nitrogens is 4. The molecule has 1 saturated heterocycles. The van der Waals surface area contributed by atoms with Crippen molar-refractivity contribution in [3.63, 3.8) is 0 Å². The van der Waals surface area contributed by atoms with Gasteiger partial charge in [-0.25, -0.2) is 9.97 Å². The van der Waals surface area contributed by atoms with E-state index in [9.17, 15) is 18.0 Å². The number of fused-ring (bicyclic) bond motifs is 1. The SMILES string of the molecule is Cc1cc(C(F)(F)F)c2c([C@H]3CCCN(C(=O)C[C@H](C)n4ccnc4)C3)noc2n1. The smallest absolute Gasteiger partial charge is 0.342 e. The van der Waals surface area contributed by atoms with Crippen molar-refractivity contribution in [1.82, 2.24) is 24.6 Å². The van der Waals surface area contributed by atoms with Gasteiger partial charge in [-0.1, -0.05) is 5.16 Å². The summed E-state index contributed by atoms with van der Waals surface area (Å²) in [5, 5.41) is 3.84. The second-order valence-corrected chi connectivity index (χ2v) is 7.80. The Morgan fingerprint density at radius 2 is 2.20 bits per heavy atom. The molecule has 1 aliphatic heterocycles. The van der Waals surface area contributed by atoms with Crippen LogP contribution in [0.3, 0.4) is 0 Å². The van der Waals surface area contributed by atoms with Gasteiger partial charge in [0.25, 0.3) is 5.71 Å². The highest BCUT2D eigenvalue weighted by atomic mass is 19.4. The van der Waals surface area contributed by atoms with Gasteiger partial charge in [-0.2, -0.15) is 13.2 Å². The molecule has 1 amide bonds. The van der Waals surface area contributed by atoms with Gasteiger partial charge in [0.15, 0.2) is 0 Å². The van der Waals surface area contributed by atoms with Crippen molar-refractivity contribution in [2.45, 2.75) is 51.2 Å². The molecule has 4 rings (SSSR count). The van der Waals surface area contributed by atoms with Crippen molar-refractivity contribution in [3.8, 4) is 0 Å². The minimum absolute atomic E-state index is 0.0429. The third kappa shape index (κ3) is 3.90. The van der Waals surface area contributed by atoms with Gasteiger partial charge in [-0.05, 0) is 32.8 Å². The molecule has 0 unspecified atom stereocenters. The number of amides is 1. The minimum Gasteiger partial charge on any atom is -0.342 e. The third-order valence-electron chi connectivity index (χ3n) is 5.57. The summed E-state index contributed by atoms with van der Waals surface area (Å²) in [7, 11) is 0. The molecule has 0 aromatic carbocycles. The molecule has 3 aromatic heterocycles. The summed E-state index contributed by atoms with van der Waals surface area (Å²) >= 11 is 0. The van der Waals surface area contributed by atoms with Crippen LogP contribution in [0.1, 0.15) is 55.1 Å². The lowest BCUT2D eigenvalue weighted by Gasteiger charge is -2.33. The highest BCUT2D eigenvalue weighted by molar-refractivity contribution is 5.82. The molecule has 7 nitrogen and oxygen atoms in total. The summed E-state index contributed by atoms with van der Waals surface area (Å²) in [6, 6.07) is 0.957. The van der Waals surface area contributed by atoms with E-state index in [0.29, 0.717) is 25.9 Å². The molecule has 4 heterocycles. The lowest BCUT2D eigenvalue weighted by molar-refractivity contribution is -0.136. The maximum atomic E-state index is 13.6. The molecule has 0 bridgehead atoms. The first-order chi connectivity index (χ1) is 14.2. The second kappa shape index (κ2) is 7.73. The number of piperidine rings is 1. The predicted molar refractivity (Wildman–Crippen MR) is 102 cm³/mol. The normalized spacial score (nSPS) is 18.7. The van der Waals surface area contributed by atoms with Gasteiger partial charge in [-0.15, -0.1) is 0 Å². The van der Waals surface area contributed by atoms with E-state index in [1.807, 2.05) is 11.5 Å². The van der Waals surface area contributed by atoms with Gasteiger partial charge in [0.1, 0.15) is 0 Å². The van der Waals surface area contributed by atoms with Crippen LogP contribution in [0.4, 0.5) is 13.2 Å². The van der Waals surface area contributed by atoms with E-state index in [-0.39, 0.29) is 46.8 Å².